The smallest absolute Gasteiger partial charge is 0.154 e. The standard InChI is InChI=1S/C9H8N2O/c1-7-5-11-4-2-3-10-9(11)8(7)6-12/h2-6H,1H3. The average molecular weight is 160 g/mol. The Morgan fingerprint density at radius 1 is 1.58 bits per heavy atom. The minimum absolute atomic E-state index is 0.676. The first-order chi connectivity index (χ1) is 5.83. The predicted octanol–water partition coefficient (Wildman–Crippen LogP) is 1.46. The number of fused-ring (bicyclic) bond motifs is 1. The van der Waals surface area contributed by atoms with E-state index in [2.05, 4.69) is 4.98 Å². The number of aromatic nitrogens is 2. The van der Waals surface area contributed by atoms with E-state index >= 15 is 0 Å². The molecular formula is C9H8N2O. The summed E-state index contributed by atoms with van der Waals surface area (Å²) in [6, 6.07) is 1.83. The SMILES string of the molecule is Cc1cn2cccnc2c1C=O. The van der Waals surface area contributed by atoms with Gasteiger partial charge < -0.3 is 4.40 Å². The molecule has 60 valence electrons. The molecule has 2 heterocycles. The van der Waals surface area contributed by atoms with Gasteiger partial charge in [0.2, 0.25) is 0 Å². The molecule has 0 saturated heterocycles. The molecule has 0 fully saturated rings. The van der Waals surface area contributed by atoms with Crippen molar-refractivity contribution in [1.29, 1.82) is 0 Å². The predicted molar refractivity (Wildman–Crippen MR) is 45.3 cm³/mol. The van der Waals surface area contributed by atoms with Crippen molar-refractivity contribution in [3.8, 4) is 0 Å². The second-order valence-corrected chi connectivity index (χ2v) is 2.69. The summed E-state index contributed by atoms with van der Waals surface area (Å²) in [5, 5.41) is 0. The molecular weight excluding hydrogens is 152 g/mol. The first-order valence-electron chi connectivity index (χ1n) is 3.70. The molecule has 3 nitrogen and oxygen atoms in total. The molecule has 0 radical (unpaired) electrons. The van der Waals surface area contributed by atoms with Gasteiger partial charge in [-0.3, -0.25) is 4.79 Å². The zero-order chi connectivity index (χ0) is 8.55. The van der Waals surface area contributed by atoms with Crippen LogP contribution in [0, 0.1) is 6.92 Å². The van der Waals surface area contributed by atoms with Crippen molar-refractivity contribution in [1.82, 2.24) is 9.38 Å². The van der Waals surface area contributed by atoms with Crippen molar-refractivity contribution in [3.05, 3.63) is 35.8 Å². The Bertz CT molecular complexity index is 431. The Morgan fingerprint density at radius 3 is 3.17 bits per heavy atom. The van der Waals surface area contributed by atoms with E-state index in [9.17, 15) is 4.79 Å². The highest BCUT2D eigenvalue weighted by Gasteiger charge is 2.05. The number of aldehydes is 1. The van der Waals surface area contributed by atoms with Gasteiger partial charge in [0.15, 0.2) is 6.29 Å². The molecule has 2 aromatic rings. The molecule has 0 aliphatic carbocycles. The highest BCUT2D eigenvalue weighted by molar-refractivity contribution is 5.86. The molecule has 2 aromatic heterocycles. The summed E-state index contributed by atoms with van der Waals surface area (Å²) in [7, 11) is 0. The van der Waals surface area contributed by atoms with Gasteiger partial charge in [-0.2, -0.15) is 0 Å². The van der Waals surface area contributed by atoms with Crippen LogP contribution in [0.5, 0.6) is 0 Å². The normalized spacial score (nSPS) is 10.4. The first kappa shape index (κ1) is 7.03. The fraction of sp³-hybridized carbons (Fsp3) is 0.111. The third-order valence-corrected chi connectivity index (χ3v) is 1.89. The summed E-state index contributed by atoms with van der Waals surface area (Å²) in [5.74, 6) is 0. The van der Waals surface area contributed by atoms with Crippen molar-refractivity contribution in [2.45, 2.75) is 6.92 Å². The van der Waals surface area contributed by atoms with E-state index in [1.807, 2.05) is 29.8 Å². The van der Waals surface area contributed by atoms with Crippen LogP contribution in [0.1, 0.15) is 15.9 Å². The van der Waals surface area contributed by atoms with Crippen LogP contribution in [0.4, 0.5) is 0 Å². The van der Waals surface area contributed by atoms with E-state index in [1.54, 1.807) is 6.20 Å². The highest BCUT2D eigenvalue weighted by Crippen LogP contribution is 2.12. The van der Waals surface area contributed by atoms with Crippen molar-refractivity contribution >= 4 is 11.9 Å². The lowest BCUT2D eigenvalue weighted by atomic mass is 10.2. The van der Waals surface area contributed by atoms with Gasteiger partial charge in [0.25, 0.3) is 0 Å². The maximum Gasteiger partial charge on any atom is 0.154 e. The number of aryl methyl sites for hydroxylation is 1. The van der Waals surface area contributed by atoms with E-state index in [1.165, 1.54) is 0 Å². The van der Waals surface area contributed by atoms with Gasteiger partial charge in [0.05, 0.1) is 5.56 Å². The molecule has 0 N–H and O–H groups in total. The van der Waals surface area contributed by atoms with Crippen LogP contribution in [0.2, 0.25) is 0 Å². The third kappa shape index (κ3) is 0.830. The molecule has 0 aromatic carbocycles. The summed E-state index contributed by atoms with van der Waals surface area (Å²) < 4.78 is 1.85. The maximum absolute atomic E-state index is 10.6. The quantitative estimate of drug-likeness (QED) is 0.592. The number of carbonyl (C=O) groups excluding carboxylic acids is 1. The molecule has 12 heavy (non-hydrogen) atoms. The molecule has 3 heteroatoms. The lowest BCUT2D eigenvalue weighted by Gasteiger charge is -1.90. The van der Waals surface area contributed by atoms with Gasteiger partial charge in [-0.15, -0.1) is 0 Å². The molecule has 0 aliphatic rings. The van der Waals surface area contributed by atoms with Crippen LogP contribution in [0.15, 0.2) is 24.7 Å². The molecule has 0 atom stereocenters. The van der Waals surface area contributed by atoms with Crippen molar-refractivity contribution in [2.24, 2.45) is 0 Å². The van der Waals surface area contributed by atoms with Crippen molar-refractivity contribution < 1.29 is 4.79 Å². The van der Waals surface area contributed by atoms with Crippen LogP contribution < -0.4 is 0 Å². The van der Waals surface area contributed by atoms with Gasteiger partial charge in [-0.1, -0.05) is 0 Å². The van der Waals surface area contributed by atoms with E-state index < -0.39 is 0 Å². The fourth-order valence-electron chi connectivity index (χ4n) is 1.30. The number of rotatable bonds is 1. The minimum Gasteiger partial charge on any atom is -0.308 e. The fourth-order valence-corrected chi connectivity index (χ4v) is 1.30. The van der Waals surface area contributed by atoms with E-state index in [-0.39, 0.29) is 0 Å². The summed E-state index contributed by atoms with van der Waals surface area (Å²) >= 11 is 0. The van der Waals surface area contributed by atoms with E-state index in [0.717, 1.165) is 17.5 Å². The van der Waals surface area contributed by atoms with Gasteiger partial charge in [0.1, 0.15) is 5.65 Å². The Morgan fingerprint density at radius 2 is 2.42 bits per heavy atom. The summed E-state index contributed by atoms with van der Waals surface area (Å²) in [6.45, 7) is 1.90. The van der Waals surface area contributed by atoms with Crippen LogP contribution in [0.3, 0.4) is 0 Å². The molecule has 0 unspecified atom stereocenters. The summed E-state index contributed by atoms with van der Waals surface area (Å²) in [5.41, 5.74) is 2.37. The monoisotopic (exact) mass is 160 g/mol. The number of carbonyl (C=O) groups is 1. The van der Waals surface area contributed by atoms with Gasteiger partial charge in [-0.05, 0) is 18.6 Å². The Labute approximate surface area is 69.7 Å². The van der Waals surface area contributed by atoms with E-state index in [0.29, 0.717) is 5.56 Å². The van der Waals surface area contributed by atoms with Gasteiger partial charge in [0, 0.05) is 18.6 Å². The topological polar surface area (TPSA) is 34.4 Å². The van der Waals surface area contributed by atoms with Crippen LogP contribution >= 0.6 is 0 Å². The summed E-state index contributed by atoms with van der Waals surface area (Å²) in [4.78, 5) is 14.8. The second-order valence-electron chi connectivity index (χ2n) is 2.69. The number of hydrogen-bond acceptors (Lipinski definition) is 2. The van der Waals surface area contributed by atoms with Gasteiger partial charge >= 0.3 is 0 Å². The molecule has 0 saturated carbocycles. The number of nitrogens with zero attached hydrogens (tertiary/aromatic N) is 2. The average Bonchev–Trinajstić information content (AvgIpc) is 2.40. The largest absolute Gasteiger partial charge is 0.308 e. The highest BCUT2D eigenvalue weighted by atomic mass is 16.1. The van der Waals surface area contributed by atoms with E-state index in [4.69, 9.17) is 0 Å². The third-order valence-electron chi connectivity index (χ3n) is 1.89. The molecule has 2 rings (SSSR count). The zero-order valence-electron chi connectivity index (χ0n) is 6.69. The number of hydrogen-bond donors (Lipinski definition) is 0. The zero-order valence-corrected chi connectivity index (χ0v) is 6.69. The first-order valence-corrected chi connectivity index (χ1v) is 3.70. The second kappa shape index (κ2) is 2.44. The summed E-state index contributed by atoms with van der Waals surface area (Å²) in [6.07, 6.45) is 6.30. The van der Waals surface area contributed by atoms with Crippen LogP contribution in [0.25, 0.3) is 5.65 Å². The van der Waals surface area contributed by atoms with Crippen molar-refractivity contribution in [3.63, 3.8) is 0 Å². The van der Waals surface area contributed by atoms with Gasteiger partial charge in [-0.25, -0.2) is 4.98 Å². The molecule has 0 spiro atoms. The lowest BCUT2D eigenvalue weighted by molar-refractivity contribution is 0.112. The van der Waals surface area contributed by atoms with Crippen LogP contribution in [-0.2, 0) is 0 Å². The molecule has 0 aliphatic heterocycles. The van der Waals surface area contributed by atoms with Crippen molar-refractivity contribution in [2.75, 3.05) is 0 Å². The minimum atomic E-state index is 0.676. The molecule has 0 bridgehead atoms. The Hall–Kier alpha value is -1.64. The molecule has 0 amide bonds. The Kier molecular flexibility index (Phi) is 1.43. The lowest BCUT2D eigenvalue weighted by Crippen LogP contribution is -1.86. The maximum atomic E-state index is 10.6. The van der Waals surface area contributed by atoms with Crippen LogP contribution in [-0.4, -0.2) is 15.7 Å². The Balaban J connectivity index is 2.90.